The number of hydrogen-bond donors (Lipinski definition) is 0. The number of nitro benzene ring substituents is 1. The molecule has 0 atom stereocenters. The van der Waals surface area contributed by atoms with Crippen LogP contribution in [-0.2, 0) is 6.61 Å². The molecule has 0 aliphatic heterocycles. The molecule has 6 heteroatoms. The third-order valence-corrected chi connectivity index (χ3v) is 4.60. The van der Waals surface area contributed by atoms with E-state index in [-0.39, 0.29) is 5.69 Å². The van der Waals surface area contributed by atoms with Crippen LogP contribution in [0.1, 0.15) is 29.2 Å². The van der Waals surface area contributed by atoms with Gasteiger partial charge in [0.15, 0.2) is 11.5 Å². The summed E-state index contributed by atoms with van der Waals surface area (Å²) >= 11 is 0. The summed E-state index contributed by atoms with van der Waals surface area (Å²) < 4.78 is 11.7. The summed E-state index contributed by atoms with van der Waals surface area (Å²) in [5.74, 6) is 1.21. The van der Waals surface area contributed by atoms with Crippen LogP contribution >= 0.6 is 0 Å². The average Bonchev–Trinajstić information content (AvgIpc) is 2.78. The summed E-state index contributed by atoms with van der Waals surface area (Å²) in [5, 5.41) is 20.4. The Kier molecular flexibility index (Phi) is 7.02. The third kappa shape index (κ3) is 5.71. The van der Waals surface area contributed by atoms with Crippen molar-refractivity contribution >= 4 is 17.3 Å². The Morgan fingerprint density at radius 3 is 2.35 bits per heavy atom. The first kappa shape index (κ1) is 21.6. The maximum Gasteiger partial charge on any atom is 0.269 e. The molecule has 3 rings (SSSR count). The molecule has 3 aromatic rings. The highest BCUT2D eigenvalue weighted by atomic mass is 16.6. The molecule has 0 aliphatic rings. The van der Waals surface area contributed by atoms with Crippen molar-refractivity contribution in [2.45, 2.75) is 20.5 Å². The molecule has 0 N–H and O–H groups in total. The lowest BCUT2D eigenvalue weighted by Gasteiger charge is -2.13. The molecule has 0 fully saturated rings. The number of nitriles is 1. The molecule has 0 saturated heterocycles. The summed E-state index contributed by atoms with van der Waals surface area (Å²) in [6.07, 6.45) is 1.72. The SMILES string of the molecule is CCOc1cc(/C=C(/C#N)c2ccc([N+](=O)[O-])cc2)ccc1OCc1ccc(C)cc1. The second-order valence-corrected chi connectivity index (χ2v) is 6.89. The van der Waals surface area contributed by atoms with Crippen LogP contribution in [0.15, 0.2) is 66.7 Å². The molecule has 3 aromatic carbocycles. The average molecular weight is 414 g/mol. The number of ether oxygens (including phenoxy) is 2. The molecule has 0 bridgehead atoms. The first-order valence-corrected chi connectivity index (χ1v) is 9.82. The van der Waals surface area contributed by atoms with Gasteiger partial charge in [-0.25, -0.2) is 0 Å². The van der Waals surface area contributed by atoms with Crippen molar-refractivity contribution in [3.05, 3.63) is 99.1 Å². The molecule has 0 saturated carbocycles. The van der Waals surface area contributed by atoms with Crippen molar-refractivity contribution in [2.75, 3.05) is 6.61 Å². The van der Waals surface area contributed by atoms with Crippen LogP contribution in [-0.4, -0.2) is 11.5 Å². The standard InChI is InChI=1S/C25H22N2O4/c1-3-30-25-15-20(8-13-24(25)31-17-19-6-4-18(2)5-7-19)14-22(16-26)21-9-11-23(12-10-21)27(28)29/h4-15H,3,17H2,1-2H3/b22-14-. The minimum absolute atomic E-state index is 0.0187. The highest BCUT2D eigenvalue weighted by Crippen LogP contribution is 2.31. The minimum Gasteiger partial charge on any atom is -0.490 e. The van der Waals surface area contributed by atoms with E-state index in [1.807, 2.05) is 56.3 Å². The van der Waals surface area contributed by atoms with E-state index in [0.717, 1.165) is 11.1 Å². The van der Waals surface area contributed by atoms with Crippen LogP contribution in [0.4, 0.5) is 5.69 Å². The molecule has 6 nitrogen and oxygen atoms in total. The van der Waals surface area contributed by atoms with Crippen molar-refractivity contribution < 1.29 is 14.4 Å². The Morgan fingerprint density at radius 1 is 1.03 bits per heavy atom. The Morgan fingerprint density at radius 2 is 1.74 bits per heavy atom. The smallest absolute Gasteiger partial charge is 0.269 e. The van der Waals surface area contributed by atoms with E-state index in [1.165, 1.54) is 17.7 Å². The van der Waals surface area contributed by atoms with Crippen molar-refractivity contribution in [3.8, 4) is 17.6 Å². The van der Waals surface area contributed by atoms with E-state index in [2.05, 4.69) is 6.07 Å². The maximum atomic E-state index is 10.8. The zero-order chi connectivity index (χ0) is 22.2. The Bertz CT molecular complexity index is 1130. The Balaban J connectivity index is 1.83. The normalized spacial score (nSPS) is 10.9. The highest BCUT2D eigenvalue weighted by Gasteiger charge is 2.10. The minimum atomic E-state index is -0.469. The number of benzene rings is 3. The van der Waals surface area contributed by atoms with E-state index < -0.39 is 4.92 Å². The monoisotopic (exact) mass is 414 g/mol. The van der Waals surface area contributed by atoms with Gasteiger partial charge in [0.2, 0.25) is 0 Å². The fourth-order valence-electron chi connectivity index (χ4n) is 2.96. The van der Waals surface area contributed by atoms with Gasteiger partial charge in [-0.05, 0) is 60.9 Å². The zero-order valence-electron chi connectivity index (χ0n) is 17.4. The predicted molar refractivity (Wildman–Crippen MR) is 120 cm³/mol. The number of non-ortho nitro benzene ring substituents is 1. The Labute approximate surface area is 181 Å². The molecule has 0 aromatic heterocycles. The second kappa shape index (κ2) is 10.1. The summed E-state index contributed by atoms with van der Waals surface area (Å²) in [4.78, 5) is 10.4. The largest absolute Gasteiger partial charge is 0.490 e. The van der Waals surface area contributed by atoms with Gasteiger partial charge in [-0.1, -0.05) is 35.9 Å². The van der Waals surface area contributed by atoms with Crippen LogP contribution in [0.5, 0.6) is 11.5 Å². The number of nitro groups is 1. The number of allylic oxidation sites excluding steroid dienone is 1. The Hall–Kier alpha value is -4.11. The lowest BCUT2D eigenvalue weighted by atomic mass is 10.0. The molecule has 0 heterocycles. The zero-order valence-corrected chi connectivity index (χ0v) is 17.4. The fraction of sp³-hybridized carbons (Fsp3) is 0.160. The maximum absolute atomic E-state index is 10.8. The molecular weight excluding hydrogens is 392 g/mol. The number of aryl methyl sites for hydroxylation is 1. The van der Waals surface area contributed by atoms with E-state index in [1.54, 1.807) is 18.2 Å². The molecule has 156 valence electrons. The van der Waals surface area contributed by atoms with Gasteiger partial charge < -0.3 is 9.47 Å². The van der Waals surface area contributed by atoms with Crippen LogP contribution in [0.25, 0.3) is 11.6 Å². The lowest BCUT2D eigenvalue weighted by Crippen LogP contribution is -2.00. The number of hydrogen-bond acceptors (Lipinski definition) is 5. The van der Waals surface area contributed by atoms with Crippen LogP contribution in [0.2, 0.25) is 0 Å². The summed E-state index contributed by atoms with van der Waals surface area (Å²) in [7, 11) is 0. The first-order valence-electron chi connectivity index (χ1n) is 9.82. The third-order valence-electron chi connectivity index (χ3n) is 4.60. The summed E-state index contributed by atoms with van der Waals surface area (Å²) in [5.41, 5.74) is 3.99. The quantitative estimate of drug-likeness (QED) is 0.197. The van der Waals surface area contributed by atoms with Crippen LogP contribution in [0, 0.1) is 28.4 Å². The molecule has 0 amide bonds. The molecule has 0 radical (unpaired) electrons. The molecular formula is C25H22N2O4. The lowest BCUT2D eigenvalue weighted by molar-refractivity contribution is -0.384. The van der Waals surface area contributed by atoms with Gasteiger partial charge in [0, 0.05) is 12.1 Å². The molecule has 0 spiro atoms. The van der Waals surface area contributed by atoms with Gasteiger partial charge in [-0.15, -0.1) is 0 Å². The van der Waals surface area contributed by atoms with E-state index in [0.29, 0.717) is 35.8 Å². The number of rotatable bonds is 8. The van der Waals surface area contributed by atoms with Gasteiger partial charge in [0.1, 0.15) is 6.61 Å². The van der Waals surface area contributed by atoms with Crippen molar-refractivity contribution in [1.82, 2.24) is 0 Å². The molecule has 0 unspecified atom stereocenters. The van der Waals surface area contributed by atoms with Crippen LogP contribution < -0.4 is 9.47 Å². The van der Waals surface area contributed by atoms with Crippen LogP contribution in [0.3, 0.4) is 0 Å². The van der Waals surface area contributed by atoms with E-state index in [9.17, 15) is 15.4 Å². The number of nitrogens with zero attached hydrogens (tertiary/aromatic N) is 2. The van der Waals surface area contributed by atoms with Gasteiger partial charge in [0.05, 0.1) is 23.2 Å². The van der Waals surface area contributed by atoms with Gasteiger partial charge in [-0.3, -0.25) is 10.1 Å². The molecule has 31 heavy (non-hydrogen) atoms. The topological polar surface area (TPSA) is 85.4 Å². The highest BCUT2D eigenvalue weighted by molar-refractivity contribution is 5.90. The van der Waals surface area contributed by atoms with Gasteiger partial charge in [0.25, 0.3) is 5.69 Å². The fourth-order valence-corrected chi connectivity index (χ4v) is 2.96. The van der Waals surface area contributed by atoms with E-state index in [4.69, 9.17) is 9.47 Å². The summed E-state index contributed by atoms with van der Waals surface area (Å²) in [6.45, 7) is 4.82. The molecule has 0 aliphatic carbocycles. The predicted octanol–water partition coefficient (Wildman–Crippen LogP) is 5.95. The summed E-state index contributed by atoms with van der Waals surface area (Å²) in [6, 6.07) is 21.6. The van der Waals surface area contributed by atoms with Gasteiger partial charge in [-0.2, -0.15) is 5.26 Å². The van der Waals surface area contributed by atoms with Crippen molar-refractivity contribution in [3.63, 3.8) is 0 Å². The van der Waals surface area contributed by atoms with E-state index >= 15 is 0 Å². The van der Waals surface area contributed by atoms with Gasteiger partial charge >= 0.3 is 0 Å². The van der Waals surface area contributed by atoms with Crippen molar-refractivity contribution in [2.24, 2.45) is 0 Å². The first-order chi connectivity index (χ1) is 15.0. The van der Waals surface area contributed by atoms with Crippen molar-refractivity contribution in [1.29, 1.82) is 5.26 Å². The second-order valence-electron chi connectivity index (χ2n) is 6.89.